The van der Waals surface area contributed by atoms with Gasteiger partial charge in [-0.1, -0.05) is 30.7 Å². The summed E-state index contributed by atoms with van der Waals surface area (Å²) in [5.41, 5.74) is 1.23. The molecule has 0 fully saturated rings. The molecule has 0 bridgehead atoms. The molecule has 0 radical (unpaired) electrons. The molecule has 0 aromatic heterocycles. The SMILES string of the molecule is CCC(NCCS(C)=O)c1ccc(Cl)cc1. The zero-order chi connectivity index (χ0) is 12.0. The molecule has 0 heterocycles. The zero-order valence-corrected chi connectivity index (χ0v) is 11.3. The lowest BCUT2D eigenvalue weighted by Crippen LogP contribution is -2.25. The molecule has 0 aliphatic heterocycles. The molecule has 0 amide bonds. The molecule has 2 unspecified atom stereocenters. The second kappa shape index (κ2) is 7.05. The fourth-order valence-electron chi connectivity index (χ4n) is 1.57. The minimum Gasteiger partial charge on any atom is -0.309 e. The Morgan fingerprint density at radius 1 is 1.38 bits per heavy atom. The van der Waals surface area contributed by atoms with E-state index in [1.807, 2.05) is 24.3 Å². The fraction of sp³-hybridized carbons (Fsp3) is 0.500. The summed E-state index contributed by atoms with van der Waals surface area (Å²) in [6.45, 7) is 2.92. The van der Waals surface area contributed by atoms with Gasteiger partial charge in [0, 0.05) is 40.4 Å². The Labute approximate surface area is 105 Å². The van der Waals surface area contributed by atoms with E-state index in [-0.39, 0.29) is 0 Å². The number of hydrogen-bond donors (Lipinski definition) is 1. The maximum Gasteiger partial charge on any atom is 0.0406 e. The molecule has 2 nitrogen and oxygen atoms in total. The van der Waals surface area contributed by atoms with Gasteiger partial charge in [-0.25, -0.2) is 0 Å². The molecule has 4 heteroatoms. The Hall–Kier alpha value is -0.380. The van der Waals surface area contributed by atoms with Crippen LogP contribution >= 0.6 is 11.6 Å². The molecular formula is C12H18ClNOS. The minimum absolute atomic E-state index is 0.320. The predicted molar refractivity (Wildman–Crippen MR) is 71.4 cm³/mol. The van der Waals surface area contributed by atoms with Crippen LogP contribution in [0.15, 0.2) is 24.3 Å². The highest BCUT2D eigenvalue weighted by Gasteiger charge is 2.07. The lowest BCUT2D eigenvalue weighted by Gasteiger charge is -2.17. The zero-order valence-electron chi connectivity index (χ0n) is 9.70. The van der Waals surface area contributed by atoms with Gasteiger partial charge in [0.1, 0.15) is 0 Å². The molecule has 0 aliphatic carbocycles. The van der Waals surface area contributed by atoms with Crippen molar-refractivity contribution in [1.29, 1.82) is 0 Å². The number of nitrogens with one attached hydrogen (secondary N) is 1. The van der Waals surface area contributed by atoms with Crippen molar-refractivity contribution in [3.05, 3.63) is 34.9 Å². The molecule has 90 valence electrons. The van der Waals surface area contributed by atoms with Crippen molar-refractivity contribution in [2.75, 3.05) is 18.6 Å². The van der Waals surface area contributed by atoms with Crippen LogP contribution in [0, 0.1) is 0 Å². The molecule has 0 saturated carbocycles. The molecule has 1 rings (SSSR count). The normalized spacial score (nSPS) is 14.7. The average Bonchev–Trinajstić information content (AvgIpc) is 2.26. The Kier molecular flexibility index (Phi) is 6.03. The maximum absolute atomic E-state index is 10.9. The molecule has 16 heavy (non-hydrogen) atoms. The standard InChI is InChI=1S/C12H18ClNOS/c1-3-12(14-8-9-16(2)15)10-4-6-11(13)7-5-10/h4-7,12,14H,3,8-9H2,1-2H3. The third-order valence-electron chi connectivity index (χ3n) is 2.46. The molecule has 0 saturated heterocycles. The number of rotatable bonds is 6. The summed E-state index contributed by atoms with van der Waals surface area (Å²) in [5, 5.41) is 4.16. The van der Waals surface area contributed by atoms with E-state index < -0.39 is 10.8 Å². The summed E-state index contributed by atoms with van der Waals surface area (Å²) in [7, 11) is -0.728. The van der Waals surface area contributed by atoms with Gasteiger partial charge in [-0.05, 0) is 24.1 Å². The van der Waals surface area contributed by atoms with Crippen LogP contribution in [0.1, 0.15) is 24.9 Å². The highest BCUT2D eigenvalue weighted by atomic mass is 35.5. The van der Waals surface area contributed by atoms with E-state index in [9.17, 15) is 4.21 Å². The molecular weight excluding hydrogens is 242 g/mol. The smallest absolute Gasteiger partial charge is 0.0406 e. The van der Waals surface area contributed by atoms with Gasteiger partial charge in [0.2, 0.25) is 0 Å². The van der Waals surface area contributed by atoms with E-state index in [4.69, 9.17) is 11.6 Å². The van der Waals surface area contributed by atoms with Crippen molar-refractivity contribution in [2.24, 2.45) is 0 Å². The summed E-state index contributed by atoms with van der Waals surface area (Å²) in [6.07, 6.45) is 2.74. The van der Waals surface area contributed by atoms with E-state index in [1.54, 1.807) is 6.26 Å². The highest BCUT2D eigenvalue weighted by Crippen LogP contribution is 2.18. The van der Waals surface area contributed by atoms with E-state index >= 15 is 0 Å². The summed E-state index contributed by atoms with van der Waals surface area (Å²) in [6, 6.07) is 8.19. The third-order valence-corrected chi connectivity index (χ3v) is 3.49. The van der Waals surface area contributed by atoms with Crippen LogP contribution in [0.5, 0.6) is 0 Å². The van der Waals surface area contributed by atoms with Crippen LogP contribution in [-0.2, 0) is 10.8 Å². The van der Waals surface area contributed by atoms with Gasteiger partial charge in [0.15, 0.2) is 0 Å². The van der Waals surface area contributed by atoms with Crippen LogP contribution in [0.2, 0.25) is 5.02 Å². The molecule has 0 spiro atoms. The van der Waals surface area contributed by atoms with E-state index in [1.165, 1.54) is 5.56 Å². The first-order valence-corrected chi connectivity index (χ1v) is 7.53. The highest BCUT2D eigenvalue weighted by molar-refractivity contribution is 7.84. The average molecular weight is 260 g/mol. The molecule has 1 aromatic carbocycles. The van der Waals surface area contributed by atoms with Gasteiger partial charge in [0.25, 0.3) is 0 Å². The fourth-order valence-corrected chi connectivity index (χ4v) is 2.10. The largest absolute Gasteiger partial charge is 0.309 e. The van der Waals surface area contributed by atoms with Crippen molar-refractivity contribution in [3.63, 3.8) is 0 Å². The minimum atomic E-state index is -0.728. The summed E-state index contributed by atoms with van der Waals surface area (Å²) >= 11 is 5.84. The topological polar surface area (TPSA) is 29.1 Å². The van der Waals surface area contributed by atoms with Gasteiger partial charge in [-0.2, -0.15) is 0 Å². The Bertz CT molecular complexity index is 339. The Balaban J connectivity index is 2.53. The first-order valence-electron chi connectivity index (χ1n) is 5.42. The van der Waals surface area contributed by atoms with Gasteiger partial charge < -0.3 is 5.32 Å². The Morgan fingerprint density at radius 3 is 2.50 bits per heavy atom. The van der Waals surface area contributed by atoms with Crippen LogP contribution in [0.25, 0.3) is 0 Å². The van der Waals surface area contributed by atoms with Crippen LogP contribution in [0.3, 0.4) is 0 Å². The quantitative estimate of drug-likeness (QED) is 0.851. The third kappa shape index (κ3) is 4.64. The van der Waals surface area contributed by atoms with Crippen molar-refractivity contribution < 1.29 is 4.21 Å². The van der Waals surface area contributed by atoms with E-state index in [0.717, 1.165) is 18.0 Å². The molecule has 1 aromatic rings. The molecule has 2 atom stereocenters. The second-order valence-electron chi connectivity index (χ2n) is 3.74. The van der Waals surface area contributed by atoms with Crippen LogP contribution in [0.4, 0.5) is 0 Å². The molecule has 0 aliphatic rings. The number of hydrogen-bond acceptors (Lipinski definition) is 2. The number of halogens is 1. The van der Waals surface area contributed by atoms with Gasteiger partial charge in [-0.3, -0.25) is 4.21 Å². The van der Waals surface area contributed by atoms with E-state index in [0.29, 0.717) is 11.8 Å². The van der Waals surface area contributed by atoms with Gasteiger partial charge in [-0.15, -0.1) is 0 Å². The van der Waals surface area contributed by atoms with Gasteiger partial charge >= 0.3 is 0 Å². The summed E-state index contributed by atoms with van der Waals surface area (Å²) < 4.78 is 10.9. The van der Waals surface area contributed by atoms with Gasteiger partial charge in [0.05, 0.1) is 0 Å². The van der Waals surface area contributed by atoms with Crippen molar-refractivity contribution in [1.82, 2.24) is 5.32 Å². The summed E-state index contributed by atoms with van der Waals surface area (Å²) in [4.78, 5) is 0. The molecule has 1 N–H and O–H groups in total. The maximum atomic E-state index is 10.9. The van der Waals surface area contributed by atoms with Crippen molar-refractivity contribution >= 4 is 22.4 Å². The van der Waals surface area contributed by atoms with Crippen LogP contribution in [-0.4, -0.2) is 22.8 Å². The van der Waals surface area contributed by atoms with Crippen molar-refractivity contribution in [3.8, 4) is 0 Å². The van der Waals surface area contributed by atoms with E-state index in [2.05, 4.69) is 12.2 Å². The van der Waals surface area contributed by atoms with Crippen LogP contribution < -0.4 is 5.32 Å². The monoisotopic (exact) mass is 259 g/mol. The Morgan fingerprint density at radius 2 is 2.00 bits per heavy atom. The second-order valence-corrected chi connectivity index (χ2v) is 5.73. The number of benzene rings is 1. The first kappa shape index (κ1) is 13.7. The lowest BCUT2D eigenvalue weighted by atomic mass is 10.1. The first-order chi connectivity index (χ1) is 7.63. The van der Waals surface area contributed by atoms with Crippen molar-refractivity contribution in [2.45, 2.75) is 19.4 Å². The summed E-state index contributed by atoms with van der Waals surface area (Å²) in [5.74, 6) is 0.699. The predicted octanol–water partition coefficient (Wildman–Crippen LogP) is 2.76. The lowest BCUT2D eigenvalue weighted by molar-refractivity contribution is 0.538.